The summed E-state index contributed by atoms with van der Waals surface area (Å²) in [5.74, 6) is 0.0249. The fraction of sp³-hybridized carbons (Fsp3) is 0.385. The first-order chi connectivity index (χ1) is 9.08. The molecular formula is C13H14BrClN2O2. The Morgan fingerprint density at radius 2 is 1.95 bits per heavy atom. The summed E-state index contributed by atoms with van der Waals surface area (Å²) < 4.78 is 0.795. The van der Waals surface area contributed by atoms with Crippen molar-refractivity contribution in [1.29, 1.82) is 0 Å². The minimum absolute atomic E-state index is 0.0785. The van der Waals surface area contributed by atoms with Gasteiger partial charge >= 0.3 is 0 Å². The van der Waals surface area contributed by atoms with Gasteiger partial charge in [-0.25, -0.2) is 0 Å². The summed E-state index contributed by atoms with van der Waals surface area (Å²) >= 11 is 9.25. The third-order valence-electron chi connectivity index (χ3n) is 2.83. The van der Waals surface area contributed by atoms with E-state index < -0.39 is 0 Å². The lowest BCUT2D eigenvalue weighted by atomic mass is 10.2. The number of halogens is 2. The lowest BCUT2D eigenvalue weighted by molar-refractivity contribution is -0.122. The molecule has 102 valence electrons. The zero-order valence-corrected chi connectivity index (χ0v) is 12.6. The van der Waals surface area contributed by atoms with Gasteiger partial charge in [-0.05, 0) is 31.0 Å². The van der Waals surface area contributed by atoms with E-state index in [1.807, 2.05) is 0 Å². The fourth-order valence-corrected chi connectivity index (χ4v) is 2.18. The van der Waals surface area contributed by atoms with E-state index in [0.717, 1.165) is 17.3 Å². The largest absolute Gasteiger partial charge is 0.354 e. The number of carbonyl (C=O) groups excluding carboxylic acids is 2. The summed E-state index contributed by atoms with van der Waals surface area (Å²) in [4.78, 5) is 23.2. The van der Waals surface area contributed by atoms with E-state index in [1.165, 1.54) is 0 Å². The average Bonchev–Trinajstić information content (AvgIpc) is 3.21. The maximum atomic E-state index is 11.9. The zero-order valence-electron chi connectivity index (χ0n) is 10.2. The second-order valence-electron chi connectivity index (χ2n) is 4.45. The van der Waals surface area contributed by atoms with E-state index in [9.17, 15) is 9.59 Å². The van der Waals surface area contributed by atoms with Crippen LogP contribution in [-0.4, -0.2) is 24.9 Å². The zero-order chi connectivity index (χ0) is 13.8. The Morgan fingerprint density at radius 1 is 1.26 bits per heavy atom. The van der Waals surface area contributed by atoms with Crippen LogP contribution >= 0.6 is 27.5 Å². The average molecular weight is 346 g/mol. The van der Waals surface area contributed by atoms with Crippen LogP contribution in [0.25, 0.3) is 0 Å². The van der Waals surface area contributed by atoms with E-state index in [4.69, 9.17) is 11.6 Å². The Labute approximate surface area is 125 Å². The molecule has 2 rings (SSSR count). The highest BCUT2D eigenvalue weighted by atomic mass is 79.9. The van der Waals surface area contributed by atoms with Crippen LogP contribution in [0.3, 0.4) is 0 Å². The maximum Gasteiger partial charge on any atom is 0.252 e. The van der Waals surface area contributed by atoms with E-state index >= 15 is 0 Å². The molecule has 1 aliphatic carbocycles. The molecule has 0 radical (unpaired) electrons. The quantitative estimate of drug-likeness (QED) is 0.805. The summed E-state index contributed by atoms with van der Waals surface area (Å²) in [6.07, 6.45) is 1.96. The van der Waals surface area contributed by atoms with Crippen LogP contribution in [-0.2, 0) is 4.79 Å². The third-order valence-corrected chi connectivity index (χ3v) is 3.65. The minimum Gasteiger partial charge on any atom is -0.354 e. The van der Waals surface area contributed by atoms with Crippen molar-refractivity contribution in [2.24, 2.45) is 5.92 Å². The van der Waals surface area contributed by atoms with Crippen LogP contribution in [0, 0.1) is 5.92 Å². The molecule has 1 fully saturated rings. The van der Waals surface area contributed by atoms with Crippen molar-refractivity contribution in [1.82, 2.24) is 10.6 Å². The molecule has 0 atom stereocenters. The van der Waals surface area contributed by atoms with Gasteiger partial charge in [0.15, 0.2) is 0 Å². The topological polar surface area (TPSA) is 58.2 Å². The van der Waals surface area contributed by atoms with Gasteiger partial charge in [0, 0.05) is 23.5 Å². The van der Waals surface area contributed by atoms with Crippen molar-refractivity contribution in [2.45, 2.75) is 12.8 Å². The van der Waals surface area contributed by atoms with Gasteiger partial charge in [-0.1, -0.05) is 27.5 Å². The Kier molecular flexibility index (Phi) is 4.82. The number of hydrogen-bond acceptors (Lipinski definition) is 2. The van der Waals surface area contributed by atoms with Gasteiger partial charge in [-0.3, -0.25) is 9.59 Å². The molecule has 0 bridgehead atoms. The van der Waals surface area contributed by atoms with E-state index in [1.54, 1.807) is 18.2 Å². The number of nitrogens with one attached hydrogen (secondary N) is 2. The number of benzene rings is 1. The van der Waals surface area contributed by atoms with Gasteiger partial charge in [-0.2, -0.15) is 0 Å². The number of hydrogen-bond donors (Lipinski definition) is 2. The molecule has 0 unspecified atom stereocenters. The minimum atomic E-state index is -0.244. The lowest BCUT2D eigenvalue weighted by Gasteiger charge is -2.08. The van der Waals surface area contributed by atoms with E-state index in [-0.39, 0.29) is 17.7 Å². The molecule has 1 aromatic carbocycles. The first kappa shape index (κ1) is 14.3. The summed E-state index contributed by atoms with van der Waals surface area (Å²) in [5, 5.41) is 5.91. The van der Waals surface area contributed by atoms with Crippen molar-refractivity contribution in [3.63, 3.8) is 0 Å². The SMILES string of the molecule is O=C(NCCNC(=O)C1CC1)c1cc(Br)ccc1Cl. The molecule has 1 aliphatic rings. The summed E-state index contributed by atoms with van der Waals surface area (Å²) in [7, 11) is 0. The first-order valence-electron chi connectivity index (χ1n) is 6.09. The maximum absolute atomic E-state index is 11.9. The molecule has 0 aromatic heterocycles. The van der Waals surface area contributed by atoms with Crippen LogP contribution in [0.5, 0.6) is 0 Å². The van der Waals surface area contributed by atoms with Gasteiger partial charge in [0.2, 0.25) is 5.91 Å². The molecule has 4 nitrogen and oxygen atoms in total. The summed E-state index contributed by atoms with van der Waals surface area (Å²) in [6.45, 7) is 0.826. The molecule has 0 aliphatic heterocycles. The normalized spacial score (nSPS) is 14.0. The van der Waals surface area contributed by atoms with Gasteiger partial charge in [0.25, 0.3) is 5.91 Å². The molecular weight excluding hydrogens is 332 g/mol. The van der Waals surface area contributed by atoms with Gasteiger partial charge in [0.05, 0.1) is 10.6 Å². The molecule has 0 spiro atoms. The highest BCUT2D eigenvalue weighted by Gasteiger charge is 2.28. The summed E-state index contributed by atoms with van der Waals surface area (Å²) in [6, 6.07) is 5.10. The Morgan fingerprint density at radius 3 is 2.63 bits per heavy atom. The van der Waals surface area contributed by atoms with Crippen LogP contribution in [0.15, 0.2) is 22.7 Å². The van der Waals surface area contributed by atoms with Crippen molar-refractivity contribution < 1.29 is 9.59 Å². The highest BCUT2D eigenvalue weighted by molar-refractivity contribution is 9.10. The van der Waals surface area contributed by atoms with Crippen LogP contribution in [0.4, 0.5) is 0 Å². The Hall–Kier alpha value is -1.07. The van der Waals surface area contributed by atoms with Gasteiger partial charge in [0.1, 0.15) is 0 Å². The molecule has 1 aromatic rings. The molecule has 1 saturated carbocycles. The van der Waals surface area contributed by atoms with Crippen LogP contribution < -0.4 is 10.6 Å². The predicted molar refractivity (Wildman–Crippen MR) is 77.2 cm³/mol. The fourth-order valence-electron chi connectivity index (χ4n) is 1.62. The standard InChI is InChI=1S/C13H14BrClN2O2/c14-9-3-4-11(15)10(7-9)13(19)17-6-5-16-12(18)8-1-2-8/h3-4,7-8H,1-2,5-6H2,(H,16,18)(H,17,19). The van der Waals surface area contributed by atoms with Crippen molar-refractivity contribution in [2.75, 3.05) is 13.1 Å². The van der Waals surface area contributed by atoms with Crippen molar-refractivity contribution in [3.8, 4) is 0 Å². The number of carbonyl (C=O) groups is 2. The van der Waals surface area contributed by atoms with Crippen molar-refractivity contribution >= 4 is 39.3 Å². The molecule has 2 amide bonds. The monoisotopic (exact) mass is 344 g/mol. The predicted octanol–water partition coefficient (Wildman–Crippen LogP) is 2.36. The molecule has 6 heteroatoms. The smallest absolute Gasteiger partial charge is 0.252 e. The number of amides is 2. The number of rotatable bonds is 5. The first-order valence-corrected chi connectivity index (χ1v) is 7.26. The Balaban J connectivity index is 1.77. The van der Waals surface area contributed by atoms with Crippen molar-refractivity contribution in [3.05, 3.63) is 33.3 Å². The molecule has 0 heterocycles. The molecule has 0 saturated heterocycles. The second-order valence-corrected chi connectivity index (χ2v) is 5.77. The van der Waals surface area contributed by atoms with Crippen LogP contribution in [0.2, 0.25) is 5.02 Å². The van der Waals surface area contributed by atoms with Crippen LogP contribution in [0.1, 0.15) is 23.2 Å². The van der Waals surface area contributed by atoms with E-state index in [0.29, 0.717) is 23.7 Å². The second kappa shape index (κ2) is 6.39. The Bertz CT molecular complexity index is 503. The third kappa shape index (κ3) is 4.21. The molecule has 2 N–H and O–H groups in total. The highest BCUT2D eigenvalue weighted by Crippen LogP contribution is 2.28. The van der Waals surface area contributed by atoms with E-state index in [2.05, 4.69) is 26.6 Å². The lowest BCUT2D eigenvalue weighted by Crippen LogP contribution is -2.35. The van der Waals surface area contributed by atoms with Gasteiger partial charge < -0.3 is 10.6 Å². The molecule has 19 heavy (non-hydrogen) atoms. The summed E-state index contributed by atoms with van der Waals surface area (Å²) in [5.41, 5.74) is 0.421. The van der Waals surface area contributed by atoms with Gasteiger partial charge in [-0.15, -0.1) is 0 Å².